The Morgan fingerprint density at radius 3 is 1.32 bits per heavy atom. The SMILES string of the molecule is O=C(O)CNC(=S)Nc1ccc(S(=O)(=O)c2ccc(NC(=S)NCC(=O)O)cc2)cc1. The van der Waals surface area contributed by atoms with Gasteiger partial charge in [-0.05, 0) is 73.0 Å². The fraction of sp³-hybridized carbons (Fsp3) is 0.111. The van der Waals surface area contributed by atoms with Crippen LogP contribution >= 0.6 is 24.4 Å². The Kier molecular flexibility index (Phi) is 8.24. The number of nitrogens with one attached hydrogen (secondary N) is 4. The van der Waals surface area contributed by atoms with Gasteiger partial charge in [0.2, 0.25) is 9.84 Å². The molecule has 0 spiro atoms. The van der Waals surface area contributed by atoms with Gasteiger partial charge in [0.1, 0.15) is 13.1 Å². The van der Waals surface area contributed by atoms with E-state index in [1.165, 1.54) is 48.5 Å². The molecule has 0 saturated heterocycles. The van der Waals surface area contributed by atoms with Crippen LogP contribution < -0.4 is 21.3 Å². The number of hydrogen-bond acceptors (Lipinski definition) is 6. The Bertz CT molecular complexity index is 1000. The molecular weight excluding hydrogens is 464 g/mol. The highest BCUT2D eigenvalue weighted by atomic mass is 32.2. The quantitative estimate of drug-likeness (QED) is 0.300. The van der Waals surface area contributed by atoms with Crippen LogP contribution in [-0.4, -0.2) is 53.9 Å². The van der Waals surface area contributed by atoms with Crippen LogP contribution in [0.1, 0.15) is 0 Å². The summed E-state index contributed by atoms with van der Waals surface area (Å²) in [5.74, 6) is -2.13. The average molecular weight is 483 g/mol. The minimum Gasteiger partial charge on any atom is -0.480 e. The van der Waals surface area contributed by atoms with Crippen LogP contribution in [0.4, 0.5) is 11.4 Å². The molecule has 164 valence electrons. The number of rotatable bonds is 8. The van der Waals surface area contributed by atoms with Crippen LogP contribution in [0.5, 0.6) is 0 Å². The van der Waals surface area contributed by atoms with E-state index in [9.17, 15) is 18.0 Å². The molecular formula is C18H18N4O6S3. The summed E-state index contributed by atoms with van der Waals surface area (Å²) in [6.07, 6.45) is 0. The first-order valence-electron chi connectivity index (χ1n) is 8.56. The van der Waals surface area contributed by atoms with Gasteiger partial charge in [-0.3, -0.25) is 9.59 Å². The number of sulfone groups is 1. The number of anilines is 2. The number of hydrogen-bond donors (Lipinski definition) is 6. The molecule has 0 aliphatic heterocycles. The molecule has 0 aromatic heterocycles. The van der Waals surface area contributed by atoms with Crippen LogP contribution in [0.3, 0.4) is 0 Å². The highest BCUT2D eigenvalue weighted by Gasteiger charge is 2.17. The maximum absolute atomic E-state index is 12.8. The van der Waals surface area contributed by atoms with E-state index in [2.05, 4.69) is 21.3 Å². The molecule has 0 bridgehead atoms. The summed E-state index contributed by atoms with van der Waals surface area (Å²) in [7, 11) is -3.78. The number of carbonyl (C=O) groups is 2. The summed E-state index contributed by atoms with van der Waals surface area (Å²) < 4.78 is 25.6. The molecule has 6 N–H and O–H groups in total. The van der Waals surface area contributed by atoms with Gasteiger partial charge in [0.15, 0.2) is 10.2 Å². The van der Waals surface area contributed by atoms with E-state index in [1.54, 1.807) is 0 Å². The van der Waals surface area contributed by atoms with Crippen LogP contribution in [0, 0.1) is 0 Å². The minimum absolute atomic E-state index is 0.0572. The van der Waals surface area contributed by atoms with Crippen LogP contribution in [0.2, 0.25) is 0 Å². The van der Waals surface area contributed by atoms with Crippen molar-refractivity contribution in [3.8, 4) is 0 Å². The summed E-state index contributed by atoms with van der Waals surface area (Å²) in [6.45, 7) is -0.688. The summed E-state index contributed by atoms with van der Waals surface area (Å²) in [6, 6.07) is 11.6. The first-order chi connectivity index (χ1) is 14.6. The first kappa shape index (κ1) is 24.0. The molecule has 10 nitrogen and oxygen atoms in total. The van der Waals surface area contributed by atoms with Crippen molar-refractivity contribution in [1.82, 2.24) is 10.6 Å². The zero-order chi connectivity index (χ0) is 23.0. The number of thiocarbonyl (C=S) groups is 2. The topological polar surface area (TPSA) is 157 Å². The maximum Gasteiger partial charge on any atom is 0.322 e. The summed E-state index contributed by atoms with van der Waals surface area (Å²) in [5, 5.41) is 27.9. The van der Waals surface area contributed by atoms with Crippen molar-refractivity contribution in [3.05, 3.63) is 48.5 Å². The fourth-order valence-electron chi connectivity index (χ4n) is 2.23. The van der Waals surface area contributed by atoms with E-state index < -0.39 is 21.8 Å². The van der Waals surface area contributed by atoms with Crippen molar-refractivity contribution in [2.24, 2.45) is 0 Å². The molecule has 0 atom stereocenters. The normalized spacial score (nSPS) is 10.6. The van der Waals surface area contributed by atoms with Gasteiger partial charge in [-0.1, -0.05) is 0 Å². The van der Waals surface area contributed by atoms with Gasteiger partial charge in [-0.15, -0.1) is 0 Å². The molecule has 0 saturated carbocycles. The zero-order valence-corrected chi connectivity index (χ0v) is 18.2. The van der Waals surface area contributed by atoms with E-state index in [1.807, 2.05) is 0 Å². The predicted octanol–water partition coefficient (Wildman–Crippen LogP) is 1.26. The second-order valence-corrected chi connectivity index (χ2v) is 8.72. The molecule has 0 amide bonds. The molecule has 0 radical (unpaired) electrons. The fourth-order valence-corrected chi connectivity index (χ4v) is 3.87. The number of aliphatic carboxylic acids is 2. The van der Waals surface area contributed by atoms with Crippen molar-refractivity contribution in [3.63, 3.8) is 0 Å². The summed E-state index contributed by atoms with van der Waals surface area (Å²) in [4.78, 5) is 21.2. The Morgan fingerprint density at radius 1 is 0.710 bits per heavy atom. The molecule has 2 aromatic rings. The van der Waals surface area contributed by atoms with Gasteiger partial charge in [0.05, 0.1) is 9.79 Å². The second kappa shape index (κ2) is 10.7. The predicted molar refractivity (Wildman–Crippen MR) is 122 cm³/mol. The Morgan fingerprint density at radius 2 is 1.03 bits per heavy atom. The molecule has 0 heterocycles. The van der Waals surface area contributed by atoms with Gasteiger partial charge in [0, 0.05) is 11.4 Å². The maximum atomic E-state index is 12.8. The molecule has 13 heteroatoms. The van der Waals surface area contributed by atoms with Crippen molar-refractivity contribution in [2.75, 3.05) is 23.7 Å². The van der Waals surface area contributed by atoms with Gasteiger partial charge in [0.25, 0.3) is 0 Å². The Hall–Kier alpha value is -3.29. The van der Waals surface area contributed by atoms with Crippen molar-refractivity contribution >= 4 is 67.8 Å². The second-order valence-electron chi connectivity index (χ2n) is 5.96. The van der Waals surface area contributed by atoms with Crippen LogP contribution in [-0.2, 0) is 19.4 Å². The monoisotopic (exact) mass is 482 g/mol. The Balaban J connectivity index is 2.04. The van der Waals surface area contributed by atoms with Crippen LogP contribution in [0.15, 0.2) is 58.3 Å². The molecule has 0 unspecified atom stereocenters. The highest BCUT2D eigenvalue weighted by molar-refractivity contribution is 7.91. The van der Waals surface area contributed by atoms with Crippen LogP contribution in [0.25, 0.3) is 0 Å². The number of benzene rings is 2. The van der Waals surface area contributed by atoms with Gasteiger partial charge in [-0.2, -0.15) is 0 Å². The largest absolute Gasteiger partial charge is 0.480 e. The van der Waals surface area contributed by atoms with E-state index in [4.69, 9.17) is 34.6 Å². The molecule has 2 aromatic carbocycles. The van der Waals surface area contributed by atoms with Gasteiger partial charge in [-0.25, -0.2) is 8.42 Å². The summed E-state index contributed by atoms with van der Waals surface area (Å²) in [5.41, 5.74) is 0.979. The molecule has 31 heavy (non-hydrogen) atoms. The summed E-state index contributed by atoms with van der Waals surface area (Å²) >= 11 is 9.91. The molecule has 2 rings (SSSR count). The number of carboxylic acids is 2. The van der Waals surface area contributed by atoms with E-state index in [0.717, 1.165) is 0 Å². The van der Waals surface area contributed by atoms with E-state index >= 15 is 0 Å². The smallest absolute Gasteiger partial charge is 0.322 e. The van der Waals surface area contributed by atoms with Gasteiger partial charge < -0.3 is 31.5 Å². The third kappa shape index (κ3) is 7.47. The highest BCUT2D eigenvalue weighted by Crippen LogP contribution is 2.23. The van der Waals surface area contributed by atoms with Crippen molar-refractivity contribution in [1.29, 1.82) is 0 Å². The van der Waals surface area contributed by atoms with E-state index in [-0.39, 0.29) is 33.1 Å². The van der Waals surface area contributed by atoms with Crippen molar-refractivity contribution in [2.45, 2.75) is 9.79 Å². The lowest BCUT2D eigenvalue weighted by Crippen LogP contribution is -2.32. The van der Waals surface area contributed by atoms with Crippen molar-refractivity contribution < 1.29 is 28.2 Å². The van der Waals surface area contributed by atoms with E-state index in [0.29, 0.717) is 11.4 Å². The third-order valence-corrected chi connectivity index (χ3v) is 5.92. The minimum atomic E-state index is -3.78. The lowest BCUT2D eigenvalue weighted by Gasteiger charge is -2.11. The molecule has 0 aliphatic carbocycles. The molecule has 0 aliphatic rings. The lowest BCUT2D eigenvalue weighted by molar-refractivity contribution is -0.136. The average Bonchev–Trinajstić information content (AvgIpc) is 2.71. The standard InChI is InChI=1S/C18H18N4O6S3/c23-15(24)9-19-17(29)21-11-1-5-13(6-2-11)31(27,28)14-7-3-12(4-8-14)22-18(30)20-10-16(25)26/h1-8H,9-10H2,(H,23,24)(H,25,26)(H2,19,21,29)(H2,20,22,30). The van der Waals surface area contributed by atoms with Gasteiger partial charge >= 0.3 is 11.9 Å². The zero-order valence-electron chi connectivity index (χ0n) is 15.8. The Labute approximate surface area is 188 Å². The molecule has 0 fully saturated rings. The lowest BCUT2D eigenvalue weighted by atomic mass is 10.3. The number of carboxylic acid groups (broad SMARTS) is 2. The first-order valence-corrected chi connectivity index (χ1v) is 10.9. The third-order valence-electron chi connectivity index (χ3n) is 3.65.